The van der Waals surface area contributed by atoms with Crippen molar-refractivity contribution in [2.24, 2.45) is 0 Å². The van der Waals surface area contributed by atoms with Crippen molar-refractivity contribution in [2.45, 2.75) is 30.6 Å². The number of nitrogens with one attached hydrogen (secondary N) is 1. The molecule has 5 nitrogen and oxygen atoms in total. The molecule has 1 N–H and O–H groups in total. The molecule has 1 aliphatic heterocycles. The average Bonchev–Trinajstić information content (AvgIpc) is 2.63. The molecule has 120 valence electrons. The fourth-order valence-electron chi connectivity index (χ4n) is 2.47. The summed E-state index contributed by atoms with van der Waals surface area (Å²) >= 11 is 6.04. The summed E-state index contributed by atoms with van der Waals surface area (Å²) in [5.41, 5.74) is 0.431. The Morgan fingerprint density at radius 3 is 2.86 bits per heavy atom. The normalized spacial score (nSPS) is 17.0. The quantitative estimate of drug-likeness (QED) is 0.913. The van der Waals surface area contributed by atoms with E-state index in [0.717, 1.165) is 19.3 Å². The first-order valence-electron chi connectivity index (χ1n) is 7.18. The first-order valence-corrected chi connectivity index (χ1v) is 9.12. The third kappa shape index (κ3) is 4.30. The van der Waals surface area contributed by atoms with Crippen LogP contribution in [-0.2, 0) is 20.4 Å². The maximum absolute atomic E-state index is 12.2. The molecule has 0 aromatic heterocycles. The summed E-state index contributed by atoms with van der Waals surface area (Å²) in [5, 5.41) is 3.06. The molecule has 1 saturated heterocycles. The van der Waals surface area contributed by atoms with E-state index in [0.29, 0.717) is 28.6 Å². The van der Waals surface area contributed by atoms with E-state index in [4.69, 9.17) is 11.6 Å². The van der Waals surface area contributed by atoms with Crippen LogP contribution in [0.15, 0.2) is 23.1 Å². The number of anilines is 1. The van der Waals surface area contributed by atoms with Crippen molar-refractivity contribution in [3.63, 3.8) is 0 Å². The lowest BCUT2D eigenvalue weighted by Crippen LogP contribution is -2.37. The topological polar surface area (TPSA) is 66.5 Å². The zero-order chi connectivity index (χ0) is 16.1. The van der Waals surface area contributed by atoms with Crippen molar-refractivity contribution in [3.8, 4) is 0 Å². The van der Waals surface area contributed by atoms with Crippen LogP contribution in [0.5, 0.6) is 0 Å². The van der Waals surface area contributed by atoms with Crippen molar-refractivity contribution >= 4 is 39.9 Å². The van der Waals surface area contributed by atoms with Crippen LogP contribution in [0.1, 0.15) is 25.7 Å². The van der Waals surface area contributed by atoms with E-state index >= 15 is 0 Å². The lowest BCUT2D eigenvalue weighted by Gasteiger charge is -2.20. The second-order valence-electron chi connectivity index (χ2n) is 5.24. The van der Waals surface area contributed by atoms with Crippen LogP contribution in [0.25, 0.3) is 0 Å². The summed E-state index contributed by atoms with van der Waals surface area (Å²) in [6.07, 6.45) is 4.81. The highest BCUT2D eigenvalue weighted by molar-refractivity contribution is 7.84. The maximum Gasteiger partial charge on any atom is 0.244 e. The molecule has 0 saturated carbocycles. The van der Waals surface area contributed by atoms with E-state index in [1.165, 1.54) is 6.26 Å². The molecule has 0 spiro atoms. The van der Waals surface area contributed by atoms with E-state index < -0.39 is 10.8 Å². The van der Waals surface area contributed by atoms with Crippen LogP contribution >= 0.6 is 11.6 Å². The van der Waals surface area contributed by atoms with Gasteiger partial charge in [0.15, 0.2) is 0 Å². The number of benzene rings is 1. The van der Waals surface area contributed by atoms with Crippen LogP contribution in [-0.4, -0.2) is 40.3 Å². The summed E-state index contributed by atoms with van der Waals surface area (Å²) in [6, 6.07) is 4.97. The van der Waals surface area contributed by atoms with Crippen molar-refractivity contribution in [2.75, 3.05) is 24.7 Å². The average molecular weight is 343 g/mol. The van der Waals surface area contributed by atoms with Gasteiger partial charge in [0.1, 0.15) is 0 Å². The molecular formula is C15H19ClN2O3S. The van der Waals surface area contributed by atoms with Crippen LogP contribution in [0.3, 0.4) is 0 Å². The first kappa shape index (κ1) is 17.0. The maximum atomic E-state index is 12.2. The number of hydrogen-bond acceptors (Lipinski definition) is 3. The Kier molecular flexibility index (Phi) is 5.97. The predicted octanol–water partition coefficient (Wildman–Crippen LogP) is 2.42. The predicted molar refractivity (Wildman–Crippen MR) is 87.5 cm³/mol. The Hall–Kier alpha value is -1.40. The fraction of sp³-hybridized carbons (Fsp3) is 0.467. The third-order valence-electron chi connectivity index (χ3n) is 3.53. The molecule has 0 unspecified atom stereocenters. The highest BCUT2D eigenvalue weighted by atomic mass is 35.5. The Morgan fingerprint density at radius 1 is 1.36 bits per heavy atom. The second kappa shape index (κ2) is 7.74. The molecule has 0 radical (unpaired) electrons. The third-order valence-corrected chi connectivity index (χ3v) is 4.98. The number of hydrogen-bond donors (Lipinski definition) is 1. The van der Waals surface area contributed by atoms with E-state index in [1.54, 1.807) is 23.1 Å². The van der Waals surface area contributed by atoms with Crippen LogP contribution < -0.4 is 5.32 Å². The monoisotopic (exact) mass is 342 g/mol. The van der Waals surface area contributed by atoms with Gasteiger partial charge in [0.2, 0.25) is 11.8 Å². The Bertz CT molecular complexity index is 606. The molecule has 1 fully saturated rings. The lowest BCUT2D eigenvalue weighted by atomic mass is 10.2. The SMILES string of the molecule is C[S@](=O)c1c(Cl)cccc1NC(=O)CN1CCCCCC1=O. The molecular weight excluding hydrogens is 324 g/mol. The van der Waals surface area contributed by atoms with Gasteiger partial charge in [-0.25, -0.2) is 0 Å². The van der Waals surface area contributed by atoms with E-state index in [1.807, 2.05) is 0 Å². The summed E-state index contributed by atoms with van der Waals surface area (Å²) in [4.78, 5) is 26.1. The molecule has 2 rings (SSSR count). The molecule has 22 heavy (non-hydrogen) atoms. The molecule has 2 amide bonds. The van der Waals surface area contributed by atoms with E-state index in [9.17, 15) is 13.8 Å². The van der Waals surface area contributed by atoms with Gasteiger partial charge in [-0.2, -0.15) is 0 Å². The number of carbonyl (C=O) groups excluding carboxylic acids is 2. The summed E-state index contributed by atoms with van der Waals surface area (Å²) in [6.45, 7) is 0.621. The number of nitrogens with zero attached hydrogens (tertiary/aromatic N) is 1. The number of halogens is 1. The molecule has 1 aromatic carbocycles. The van der Waals surface area contributed by atoms with Gasteiger partial charge < -0.3 is 10.2 Å². The standard InChI is InChI=1S/C15H19ClN2O3S/c1-22(21)15-11(16)6-5-7-12(15)17-13(19)10-18-9-4-2-3-8-14(18)20/h5-7H,2-4,8-10H2,1H3,(H,17,19)/t22-/m0/s1. The minimum Gasteiger partial charge on any atom is -0.333 e. The Balaban J connectivity index is 2.07. The van der Waals surface area contributed by atoms with Gasteiger partial charge in [-0.3, -0.25) is 13.8 Å². The van der Waals surface area contributed by atoms with Crippen molar-refractivity contribution < 1.29 is 13.8 Å². The number of rotatable bonds is 4. The van der Waals surface area contributed by atoms with E-state index in [2.05, 4.69) is 5.32 Å². The summed E-state index contributed by atoms with van der Waals surface area (Å²) in [5.74, 6) is -0.290. The highest BCUT2D eigenvalue weighted by Gasteiger charge is 2.20. The molecule has 0 bridgehead atoms. The molecule has 1 aliphatic rings. The zero-order valence-electron chi connectivity index (χ0n) is 12.4. The zero-order valence-corrected chi connectivity index (χ0v) is 14.0. The van der Waals surface area contributed by atoms with Gasteiger partial charge >= 0.3 is 0 Å². The molecule has 1 atom stereocenters. The molecule has 0 aliphatic carbocycles. The van der Waals surface area contributed by atoms with Gasteiger partial charge in [-0.15, -0.1) is 0 Å². The summed E-state index contributed by atoms with van der Waals surface area (Å²) < 4.78 is 11.8. The molecule has 1 heterocycles. The Morgan fingerprint density at radius 2 is 2.14 bits per heavy atom. The lowest BCUT2D eigenvalue weighted by molar-refractivity contribution is -0.134. The summed E-state index contributed by atoms with van der Waals surface area (Å²) in [7, 11) is -1.31. The van der Waals surface area contributed by atoms with Gasteiger partial charge in [0, 0.05) is 19.2 Å². The largest absolute Gasteiger partial charge is 0.333 e. The van der Waals surface area contributed by atoms with Crippen molar-refractivity contribution in [3.05, 3.63) is 23.2 Å². The van der Waals surface area contributed by atoms with Gasteiger partial charge in [0.25, 0.3) is 0 Å². The smallest absolute Gasteiger partial charge is 0.244 e. The molecule has 7 heteroatoms. The van der Waals surface area contributed by atoms with Crippen molar-refractivity contribution in [1.82, 2.24) is 4.90 Å². The minimum absolute atomic E-state index is 0.0121. The second-order valence-corrected chi connectivity index (χ2v) is 6.97. The molecule has 1 aromatic rings. The fourth-order valence-corrected chi connectivity index (χ4v) is 3.74. The number of amides is 2. The Labute approximate surface area is 137 Å². The highest BCUT2D eigenvalue weighted by Crippen LogP contribution is 2.27. The van der Waals surface area contributed by atoms with Crippen LogP contribution in [0.4, 0.5) is 5.69 Å². The number of likely N-dealkylation sites (tertiary alicyclic amines) is 1. The minimum atomic E-state index is -1.31. The van der Waals surface area contributed by atoms with Crippen LogP contribution in [0, 0.1) is 0 Å². The van der Waals surface area contributed by atoms with Crippen molar-refractivity contribution in [1.29, 1.82) is 0 Å². The van der Waals surface area contributed by atoms with E-state index in [-0.39, 0.29) is 18.4 Å². The van der Waals surface area contributed by atoms with Gasteiger partial charge in [0.05, 0.1) is 32.9 Å². The number of carbonyl (C=O) groups is 2. The first-order chi connectivity index (χ1) is 10.5. The van der Waals surface area contributed by atoms with Crippen LogP contribution in [0.2, 0.25) is 5.02 Å². The van der Waals surface area contributed by atoms with Gasteiger partial charge in [-0.05, 0) is 25.0 Å². The van der Waals surface area contributed by atoms with Gasteiger partial charge in [-0.1, -0.05) is 24.1 Å².